The Labute approximate surface area is 127 Å². The molecule has 0 spiro atoms. The van der Waals surface area contributed by atoms with E-state index in [4.69, 9.17) is 5.11 Å². The molecule has 2 unspecified atom stereocenters. The molecule has 0 heterocycles. The van der Waals surface area contributed by atoms with E-state index in [0.717, 1.165) is 36.8 Å². The highest BCUT2D eigenvalue weighted by Crippen LogP contribution is 2.23. The normalized spacial score (nSPS) is 23.7. The summed E-state index contributed by atoms with van der Waals surface area (Å²) in [6.45, 7) is 2.17. The van der Waals surface area contributed by atoms with Crippen LogP contribution < -0.4 is 4.72 Å². The lowest BCUT2D eigenvalue weighted by molar-refractivity contribution is 0.282. The number of sulfonamides is 1. The maximum atomic E-state index is 12.3. The quantitative estimate of drug-likeness (QED) is 0.821. The number of aliphatic hydroxyl groups is 1. The minimum absolute atomic E-state index is 0.0209. The van der Waals surface area contributed by atoms with Crippen LogP contribution in [0.2, 0.25) is 0 Å². The molecule has 1 fully saturated rings. The molecule has 118 valence electrons. The second-order valence-corrected chi connectivity index (χ2v) is 7.92. The van der Waals surface area contributed by atoms with E-state index in [-0.39, 0.29) is 18.4 Å². The first-order valence-corrected chi connectivity index (χ1v) is 9.32. The molecule has 4 nitrogen and oxygen atoms in total. The van der Waals surface area contributed by atoms with Gasteiger partial charge >= 0.3 is 0 Å². The first-order valence-electron chi connectivity index (χ1n) is 7.67. The van der Waals surface area contributed by atoms with Gasteiger partial charge in [0.15, 0.2) is 0 Å². The summed E-state index contributed by atoms with van der Waals surface area (Å²) in [7, 11) is -3.32. The van der Waals surface area contributed by atoms with E-state index < -0.39 is 10.0 Å². The van der Waals surface area contributed by atoms with Gasteiger partial charge in [0.25, 0.3) is 0 Å². The summed E-state index contributed by atoms with van der Waals surface area (Å²) in [4.78, 5) is 0. The first-order chi connectivity index (χ1) is 9.98. The molecular formula is C16H25NO3S. The van der Waals surface area contributed by atoms with Gasteiger partial charge in [0.1, 0.15) is 0 Å². The lowest BCUT2D eigenvalue weighted by atomic mass is 10.0. The second kappa shape index (κ2) is 7.38. The second-order valence-electron chi connectivity index (χ2n) is 6.17. The Hall–Kier alpha value is -0.910. The van der Waals surface area contributed by atoms with Gasteiger partial charge in [-0.3, -0.25) is 0 Å². The number of rotatable bonds is 5. The minimum Gasteiger partial charge on any atom is -0.392 e. The zero-order valence-corrected chi connectivity index (χ0v) is 13.4. The molecule has 1 aliphatic rings. The number of hydrogen-bond acceptors (Lipinski definition) is 3. The minimum atomic E-state index is -3.32. The van der Waals surface area contributed by atoms with Crippen molar-refractivity contribution >= 4 is 10.0 Å². The van der Waals surface area contributed by atoms with Crippen LogP contribution in [0.4, 0.5) is 0 Å². The lowest BCUT2D eigenvalue weighted by Crippen LogP contribution is -2.35. The van der Waals surface area contributed by atoms with Gasteiger partial charge in [-0.1, -0.05) is 44.0 Å². The third kappa shape index (κ3) is 5.41. The summed E-state index contributed by atoms with van der Waals surface area (Å²) in [5, 5.41) is 9.11. The van der Waals surface area contributed by atoms with Crippen molar-refractivity contribution in [3.8, 4) is 0 Å². The highest BCUT2D eigenvalue weighted by molar-refractivity contribution is 7.88. The molecule has 21 heavy (non-hydrogen) atoms. The van der Waals surface area contributed by atoms with Crippen molar-refractivity contribution in [2.45, 2.75) is 57.4 Å². The summed E-state index contributed by atoms with van der Waals surface area (Å²) in [5.74, 6) is 0.674. The van der Waals surface area contributed by atoms with Crippen LogP contribution in [0.15, 0.2) is 24.3 Å². The van der Waals surface area contributed by atoms with Gasteiger partial charge in [0, 0.05) is 6.04 Å². The summed E-state index contributed by atoms with van der Waals surface area (Å²) in [6.07, 6.45) is 5.23. The molecule has 2 N–H and O–H groups in total. The van der Waals surface area contributed by atoms with E-state index in [9.17, 15) is 8.42 Å². The van der Waals surface area contributed by atoms with Crippen LogP contribution in [0.3, 0.4) is 0 Å². The Morgan fingerprint density at radius 1 is 1.19 bits per heavy atom. The average Bonchev–Trinajstić information content (AvgIpc) is 2.63. The molecular weight excluding hydrogens is 286 g/mol. The molecule has 5 heteroatoms. The van der Waals surface area contributed by atoms with Gasteiger partial charge < -0.3 is 5.11 Å². The number of hydrogen-bond donors (Lipinski definition) is 2. The van der Waals surface area contributed by atoms with Crippen molar-refractivity contribution in [3.63, 3.8) is 0 Å². The van der Waals surface area contributed by atoms with E-state index in [1.54, 1.807) is 24.3 Å². The number of nitrogens with one attached hydrogen (secondary N) is 1. The van der Waals surface area contributed by atoms with Gasteiger partial charge in [-0.2, -0.15) is 0 Å². The predicted molar refractivity (Wildman–Crippen MR) is 84.2 cm³/mol. The third-order valence-electron chi connectivity index (χ3n) is 4.13. The van der Waals surface area contributed by atoms with E-state index >= 15 is 0 Å². The van der Waals surface area contributed by atoms with Crippen molar-refractivity contribution in [1.82, 2.24) is 4.72 Å². The van der Waals surface area contributed by atoms with Gasteiger partial charge in [0.2, 0.25) is 10.0 Å². The molecule has 2 atom stereocenters. The molecule has 2 rings (SSSR count). The monoisotopic (exact) mass is 311 g/mol. The fourth-order valence-electron chi connectivity index (χ4n) is 2.94. The van der Waals surface area contributed by atoms with Crippen molar-refractivity contribution in [1.29, 1.82) is 0 Å². The molecule has 1 aromatic rings. The van der Waals surface area contributed by atoms with Crippen LogP contribution in [0, 0.1) is 5.92 Å². The molecule has 0 bridgehead atoms. The fraction of sp³-hybridized carbons (Fsp3) is 0.625. The molecule has 1 aliphatic carbocycles. The van der Waals surface area contributed by atoms with Gasteiger partial charge in [-0.05, 0) is 36.3 Å². The zero-order chi connectivity index (χ0) is 15.3. The largest absolute Gasteiger partial charge is 0.392 e. The van der Waals surface area contributed by atoms with E-state index in [0.29, 0.717) is 5.92 Å². The van der Waals surface area contributed by atoms with Crippen LogP contribution in [0.25, 0.3) is 0 Å². The smallest absolute Gasteiger partial charge is 0.216 e. The van der Waals surface area contributed by atoms with Crippen LogP contribution in [0.5, 0.6) is 0 Å². The van der Waals surface area contributed by atoms with Crippen LogP contribution in [-0.4, -0.2) is 19.6 Å². The molecule has 0 aromatic heterocycles. The van der Waals surface area contributed by atoms with E-state index in [1.165, 1.54) is 6.42 Å². The maximum absolute atomic E-state index is 12.3. The number of aliphatic hydroxyl groups excluding tert-OH is 1. The van der Waals surface area contributed by atoms with Crippen LogP contribution >= 0.6 is 0 Å². The Bertz CT molecular complexity index is 556. The summed E-state index contributed by atoms with van der Waals surface area (Å²) < 4.78 is 27.4. The SMILES string of the molecule is CC1CCCC(NS(=O)(=O)Cc2cccc(CO)c2)CC1. The standard InChI is InChI=1S/C16H25NO3S/c1-13-4-2-7-16(9-8-13)17-21(19,20)12-15-6-3-5-14(10-15)11-18/h3,5-6,10,13,16-18H,2,4,7-9,11-12H2,1H3. The molecule has 1 saturated carbocycles. The topological polar surface area (TPSA) is 66.4 Å². The molecule has 0 radical (unpaired) electrons. The van der Waals surface area contributed by atoms with Gasteiger partial charge in [-0.15, -0.1) is 0 Å². The molecule has 0 aliphatic heterocycles. The Morgan fingerprint density at radius 3 is 2.71 bits per heavy atom. The number of benzene rings is 1. The highest BCUT2D eigenvalue weighted by Gasteiger charge is 2.21. The molecule has 0 saturated heterocycles. The van der Waals surface area contributed by atoms with Gasteiger partial charge in [0.05, 0.1) is 12.4 Å². The van der Waals surface area contributed by atoms with Crippen LogP contribution in [0.1, 0.15) is 50.2 Å². The maximum Gasteiger partial charge on any atom is 0.216 e. The summed E-state index contributed by atoms with van der Waals surface area (Å²) >= 11 is 0. The van der Waals surface area contributed by atoms with Crippen molar-refractivity contribution < 1.29 is 13.5 Å². The fourth-order valence-corrected chi connectivity index (χ4v) is 4.38. The van der Waals surface area contributed by atoms with Gasteiger partial charge in [-0.25, -0.2) is 13.1 Å². The first kappa shape index (κ1) is 16.5. The van der Waals surface area contributed by atoms with Crippen molar-refractivity contribution in [2.75, 3.05) is 0 Å². The van der Waals surface area contributed by atoms with E-state index in [2.05, 4.69) is 11.6 Å². The van der Waals surface area contributed by atoms with E-state index in [1.807, 2.05) is 0 Å². The molecule has 0 amide bonds. The molecule has 1 aromatic carbocycles. The lowest BCUT2D eigenvalue weighted by Gasteiger charge is -2.16. The highest BCUT2D eigenvalue weighted by atomic mass is 32.2. The summed E-state index contributed by atoms with van der Waals surface area (Å²) in [6, 6.07) is 7.17. The van der Waals surface area contributed by atoms with Crippen molar-refractivity contribution in [3.05, 3.63) is 35.4 Å². The predicted octanol–water partition coefficient (Wildman–Crippen LogP) is 2.57. The Kier molecular flexibility index (Phi) is 5.79. The third-order valence-corrected chi connectivity index (χ3v) is 5.54. The average molecular weight is 311 g/mol. The van der Waals surface area contributed by atoms with Crippen molar-refractivity contribution in [2.24, 2.45) is 5.92 Å². The zero-order valence-electron chi connectivity index (χ0n) is 12.6. The van der Waals surface area contributed by atoms with Crippen LogP contribution in [-0.2, 0) is 22.4 Å². The Morgan fingerprint density at radius 2 is 1.95 bits per heavy atom. The summed E-state index contributed by atoms with van der Waals surface area (Å²) in [5.41, 5.74) is 1.46. The Balaban J connectivity index is 1.97.